The maximum absolute atomic E-state index is 14.8. The van der Waals surface area contributed by atoms with Crippen molar-refractivity contribution in [3.63, 3.8) is 0 Å². The number of urea groups is 1. The number of rotatable bonds is 7. The molecule has 232 valence electrons. The zero-order valence-corrected chi connectivity index (χ0v) is 27.1. The monoisotopic (exact) mass is 634 g/mol. The van der Waals surface area contributed by atoms with Crippen LogP contribution >= 0.6 is 23.2 Å². The lowest BCUT2D eigenvalue weighted by Crippen LogP contribution is -2.52. The Hall–Kier alpha value is -3.26. The predicted molar refractivity (Wildman–Crippen MR) is 176 cm³/mol. The number of nitrogens with zero attached hydrogens (tertiary/aromatic N) is 4. The third kappa shape index (κ3) is 6.42. The van der Waals surface area contributed by atoms with Crippen molar-refractivity contribution in [1.29, 1.82) is 0 Å². The van der Waals surface area contributed by atoms with Gasteiger partial charge in [-0.25, -0.2) is 4.79 Å². The standard InChI is InChI=1S/C35H40Cl2N4O3/c1-23(2)44-31-22-29(43-3)14-15-30(31)34-38-32(24-6-10-26(36)11-7-24)33(25-8-12-27(37)13-9-25)41(34)35(42)40-20-16-28(17-21-40)39-18-4-5-19-39/h6-15,22-23,28,32-33H,4-5,16-21H2,1-3H3/t32-,33+/m0/s1. The summed E-state index contributed by atoms with van der Waals surface area (Å²) in [7, 11) is 1.63. The zero-order valence-electron chi connectivity index (χ0n) is 25.6. The second kappa shape index (κ2) is 13.4. The number of piperidine rings is 1. The highest BCUT2D eigenvalue weighted by Crippen LogP contribution is 2.46. The number of amides is 2. The molecule has 2 saturated heterocycles. The third-order valence-electron chi connectivity index (χ3n) is 8.88. The van der Waals surface area contributed by atoms with Gasteiger partial charge in [-0.2, -0.15) is 0 Å². The van der Waals surface area contributed by atoms with Crippen molar-refractivity contribution in [3.8, 4) is 11.5 Å². The first kappa shape index (κ1) is 30.8. The molecule has 3 aromatic carbocycles. The van der Waals surface area contributed by atoms with Crippen molar-refractivity contribution >= 4 is 35.1 Å². The Balaban J connectivity index is 1.44. The summed E-state index contributed by atoms with van der Waals surface area (Å²) in [6, 6.07) is 20.9. The molecule has 2 amide bonds. The quantitative estimate of drug-likeness (QED) is 0.264. The normalized spacial score (nSPS) is 21.2. The van der Waals surface area contributed by atoms with Gasteiger partial charge in [0.25, 0.3) is 0 Å². The number of hydrogen-bond donors (Lipinski definition) is 0. The van der Waals surface area contributed by atoms with Crippen molar-refractivity contribution in [3.05, 3.63) is 93.5 Å². The van der Waals surface area contributed by atoms with E-state index in [1.54, 1.807) is 7.11 Å². The van der Waals surface area contributed by atoms with Crippen molar-refractivity contribution in [1.82, 2.24) is 14.7 Å². The highest BCUT2D eigenvalue weighted by Gasteiger charge is 2.45. The number of benzene rings is 3. The number of carbonyl (C=O) groups is 1. The van der Waals surface area contributed by atoms with Crippen LogP contribution in [0.5, 0.6) is 11.5 Å². The molecule has 44 heavy (non-hydrogen) atoms. The van der Waals surface area contributed by atoms with Crippen LogP contribution in [0.2, 0.25) is 10.0 Å². The minimum atomic E-state index is -0.402. The molecule has 9 heteroatoms. The van der Waals surface area contributed by atoms with Gasteiger partial charge >= 0.3 is 6.03 Å². The van der Waals surface area contributed by atoms with Gasteiger partial charge in [0.1, 0.15) is 23.4 Å². The largest absolute Gasteiger partial charge is 0.497 e. The number of carbonyl (C=O) groups excluding carboxylic acids is 1. The molecule has 0 radical (unpaired) electrons. The number of aliphatic imine (C=N–C) groups is 1. The van der Waals surface area contributed by atoms with Crippen LogP contribution in [0.3, 0.4) is 0 Å². The maximum atomic E-state index is 14.8. The van der Waals surface area contributed by atoms with Gasteiger partial charge in [-0.05, 0) is 100 Å². The summed E-state index contributed by atoms with van der Waals surface area (Å²) in [4.78, 5) is 26.6. The highest BCUT2D eigenvalue weighted by atomic mass is 35.5. The van der Waals surface area contributed by atoms with Gasteiger partial charge in [-0.1, -0.05) is 47.5 Å². The summed E-state index contributed by atoms with van der Waals surface area (Å²) >= 11 is 12.6. The molecule has 3 aromatic rings. The van der Waals surface area contributed by atoms with E-state index in [0.29, 0.717) is 46.5 Å². The van der Waals surface area contributed by atoms with Gasteiger partial charge in [0.2, 0.25) is 0 Å². The van der Waals surface area contributed by atoms with Crippen molar-refractivity contribution in [2.75, 3.05) is 33.3 Å². The molecule has 0 bridgehead atoms. The van der Waals surface area contributed by atoms with Crippen LogP contribution < -0.4 is 9.47 Å². The van der Waals surface area contributed by atoms with Gasteiger partial charge in [-0.15, -0.1) is 0 Å². The Morgan fingerprint density at radius 1 is 0.864 bits per heavy atom. The summed E-state index contributed by atoms with van der Waals surface area (Å²) in [6.07, 6.45) is 4.40. The van der Waals surface area contributed by atoms with E-state index >= 15 is 0 Å². The molecule has 0 aliphatic carbocycles. The average Bonchev–Trinajstić information content (AvgIpc) is 3.71. The van der Waals surface area contributed by atoms with Gasteiger partial charge in [-0.3, -0.25) is 9.89 Å². The molecule has 0 N–H and O–H groups in total. The lowest BCUT2D eigenvalue weighted by atomic mass is 9.93. The van der Waals surface area contributed by atoms with E-state index in [1.807, 2.05) is 90.4 Å². The summed E-state index contributed by atoms with van der Waals surface area (Å²) in [5, 5.41) is 1.29. The van der Waals surface area contributed by atoms with Crippen molar-refractivity contribution in [2.45, 2.75) is 63.8 Å². The van der Waals surface area contributed by atoms with Gasteiger partial charge < -0.3 is 19.3 Å². The minimum Gasteiger partial charge on any atom is -0.497 e. The second-order valence-corrected chi connectivity index (χ2v) is 13.0. The molecule has 3 aliphatic rings. The first-order valence-corrected chi connectivity index (χ1v) is 16.3. The fourth-order valence-electron chi connectivity index (χ4n) is 6.70. The lowest BCUT2D eigenvalue weighted by Gasteiger charge is -2.40. The first-order chi connectivity index (χ1) is 21.3. The van der Waals surface area contributed by atoms with Gasteiger partial charge in [0.15, 0.2) is 0 Å². The Bertz CT molecular complexity index is 1480. The van der Waals surface area contributed by atoms with Crippen LogP contribution in [-0.4, -0.2) is 72.0 Å². The fourth-order valence-corrected chi connectivity index (χ4v) is 6.95. The van der Waals surface area contributed by atoms with Gasteiger partial charge in [0, 0.05) is 35.2 Å². The molecule has 7 nitrogen and oxygen atoms in total. The molecule has 0 aromatic heterocycles. The smallest absolute Gasteiger partial charge is 0.326 e. The Morgan fingerprint density at radius 2 is 1.48 bits per heavy atom. The molecular formula is C35H40Cl2N4O3. The Morgan fingerprint density at radius 3 is 2.07 bits per heavy atom. The summed E-state index contributed by atoms with van der Waals surface area (Å²) in [5.41, 5.74) is 2.67. The molecular weight excluding hydrogens is 595 g/mol. The highest BCUT2D eigenvalue weighted by molar-refractivity contribution is 6.30. The number of hydrogen-bond acceptors (Lipinski definition) is 5. The lowest BCUT2D eigenvalue weighted by molar-refractivity contribution is 0.117. The topological polar surface area (TPSA) is 57.6 Å². The van der Waals surface area contributed by atoms with Crippen LogP contribution in [-0.2, 0) is 0 Å². The van der Waals surface area contributed by atoms with Gasteiger partial charge in [0.05, 0.1) is 24.8 Å². The molecule has 0 spiro atoms. The van der Waals surface area contributed by atoms with E-state index in [2.05, 4.69) is 4.90 Å². The van der Waals surface area contributed by atoms with Crippen LogP contribution in [0, 0.1) is 0 Å². The summed E-state index contributed by atoms with van der Waals surface area (Å²) < 4.78 is 11.8. The van der Waals surface area contributed by atoms with E-state index in [4.69, 9.17) is 37.7 Å². The summed E-state index contributed by atoms with van der Waals surface area (Å²) in [6.45, 7) is 7.72. The van der Waals surface area contributed by atoms with Crippen LogP contribution in [0.15, 0.2) is 71.7 Å². The maximum Gasteiger partial charge on any atom is 0.326 e. The number of likely N-dealkylation sites (tertiary alicyclic amines) is 2. The molecule has 0 unspecified atom stereocenters. The minimum absolute atomic E-state index is 0.0497. The van der Waals surface area contributed by atoms with E-state index in [9.17, 15) is 4.79 Å². The van der Waals surface area contributed by atoms with Crippen LogP contribution in [0.25, 0.3) is 0 Å². The van der Waals surface area contributed by atoms with E-state index in [0.717, 1.165) is 29.5 Å². The second-order valence-electron chi connectivity index (χ2n) is 12.1. The zero-order chi connectivity index (χ0) is 30.8. The van der Waals surface area contributed by atoms with Crippen molar-refractivity contribution in [2.24, 2.45) is 4.99 Å². The number of amidine groups is 1. The number of ether oxygens (including phenoxy) is 2. The first-order valence-electron chi connectivity index (χ1n) is 15.6. The fraction of sp³-hybridized carbons (Fsp3) is 0.429. The third-order valence-corrected chi connectivity index (χ3v) is 9.38. The molecule has 6 rings (SSSR count). The SMILES string of the molecule is COc1ccc(C2=N[C@@H](c3ccc(Cl)cc3)[C@@H](c3ccc(Cl)cc3)N2C(=O)N2CCC(N3CCCC3)CC2)c(OC(C)C)c1. The Kier molecular flexibility index (Phi) is 9.36. The van der Waals surface area contributed by atoms with E-state index in [-0.39, 0.29) is 18.2 Å². The predicted octanol–water partition coefficient (Wildman–Crippen LogP) is 8.01. The molecule has 0 saturated carbocycles. The summed E-state index contributed by atoms with van der Waals surface area (Å²) in [5.74, 6) is 1.87. The number of methoxy groups -OCH3 is 1. The van der Waals surface area contributed by atoms with Crippen LogP contribution in [0.4, 0.5) is 4.79 Å². The molecule has 2 fully saturated rings. The van der Waals surface area contributed by atoms with Crippen molar-refractivity contribution < 1.29 is 14.3 Å². The Labute approximate surface area is 270 Å². The average molecular weight is 636 g/mol. The van der Waals surface area contributed by atoms with Crippen LogP contribution in [0.1, 0.15) is 68.3 Å². The molecule has 2 atom stereocenters. The van der Waals surface area contributed by atoms with E-state index < -0.39 is 6.04 Å². The molecule has 3 aliphatic heterocycles. The number of halogens is 2. The van der Waals surface area contributed by atoms with E-state index in [1.165, 1.54) is 25.9 Å². The molecule has 3 heterocycles.